The molecule has 2 aromatic carbocycles. The van der Waals surface area contributed by atoms with E-state index in [4.69, 9.17) is 0 Å². The van der Waals surface area contributed by atoms with Crippen LogP contribution in [0.2, 0.25) is 0 Å². The molecule has 0 spiro atoms. The lowest BCUT2D eigenvalue weighted by Gasteiger charge is -2.11. The van der Waals surface area contributed by atoms with Crippen molar-refractivity contribution in [3.63, 3.8) is 0 Å². The minimum atomic E-state index is -0.501. The Kier molecular flexibility index (Phi) is 6.12. The van der Waals surface area contributed by atoms with E-state index in [0.717, 1.165) is 0 Å². The molecule has 0 saturated carbocycles. The molecule has 0 bridgehead atoms. The maximum atomic E-state index is 12.8. The zero-order chi connectivity index (χ0) is 25.3. The lowest BCUT2D eigenvalue weighted by Crippen LogP contribution is -2.10. The average Bonchev–Trinajstić information content (AvgIpc) is 3.19. The first-order valence-electron chi connectivity index (χ1n) is 10.6. The summed E-state index contributed by atoms with van der Waals surface area (Å²) < 4.78 is 0. The molecule has 2 aliphatic carbocycles. The molecule has 174 valence electrons. The van der Waals surface area contributed by atoms with Crippen molar-refractivity contribution in [1.82, 2.24) is 0 Å². The number of hydrogen-bond donors (Lipinski definition) is 2. The van der Waals surface area contributed by atoms with Gasteiger partial charge in [-0.2, -0.15) is 0 Å². The van der Waals surface area contributed by atoms with Crippen molar-refractivity contribution >= 4 is 46.3 Å². The van der Waals surface area contributed by atoms with Gasteiger partial charge in [-0.1, -0.05) is 54.3 Å². The summed E-state index contributed by atoms with van der Waals surface area (Å²) in [5.41, 5.74) is 1.14. The van der Waals surface area contributed by atoms with Gasteiger partial charge in [-0.15, -0.1) is 0 Å². The van der Waals surface area contributed by atoms with Gasteiger partial charge in [-0.3, -0.25) is 24.0 Å². The second-order valence-corrected chi connectivity index (χ2v) is 7.87. The van der Waals surface area contributed by atoms with Gasteiger partial charge >= 0.3 is 0 Å². The van der Waals surface area contributed by atoms with Crippen LogP contribution >= 0.6 is 0 Å². The maximum Gasteiger partial charge on any atom is 0.221 e. The first kappa shape index (κ1) is 23.3. The van der Waals surface area contributed by atoms with Crippen LogP contribution in [0.25, 0.3) is 5.76 Å². The van der Waals surface area contributed by atoms with Crippen LogP contribution in [0.4, 0.5) is 11.4 Å². The van der Waals surface area contributed by atoms with Gasteiger partial charge < -0.3 is 15.7 Å². The SMILES string of the molecule is CC(=O)Nc1cccc2c1C(=O)C(=CC=CC=CC1=C([O-])c3cccc(NC(C)=O)c3C1=O)C2=O. The van der Waals surface area contributed by atoms with Crippen molar-refractivity contribution < 1.29 is 29.1 Å². The molecule has 0 aromatic heterocycles. The van der Waals surface area contributed by atoms with Crippen molar-refractivity contribution in [1.29, 1.82) is 0 Å². The normalized spacial score (nSPS) is 15.9. The van der Waals surface area contributed by atoms with Gasteiger partial charge in [-0.25, -0.2) is 0 Å². The van der Waals surface area contributed by atoms with Gasteiger partial charge in [0, 0.05) is 25.0 Å². The molecule has 8 nitrogen and oxygen atoms in total. The van der Waals surface area contributed by atoms with Crippen LogP contribution in [0, 0.1) is 0 Å². The second-order valence-electron chi connectivity index (χ2n) is 7.87. The molecular formula is C27H19N2O6-. The van der Waals surface area contributed by atoms with Crippen LogP contribution in [-0.4, -0.2) is 29.2 Å². The number of fused-ring (bicyclic) bond motifs is 2. The number of carbonyl (C=O) groups excluding carboxylic acids is 5. The van der Waals surface area contributed by atoms with E-state index < -0.39 is 23.1 Å². The highest BCUT2D eigenvalue weighted by Crippen LogP contribution is 2.35. The molecule has 0 heterocycles. The van der Waals surface area contributed by atoms with Crippen molar-refractivity contribution in [2.45, 2.75) is 13.8 Å². The Hall–Kier alpha value is -4.85. The molecule has 8 heteroatoms. The van der Waals surface area contributed by atoms with E-state index in [0.29, 0.717) is 0 Å². The van der Waals surface area contributed by atoms with Crippen molar-refractivity contribution in [3.8, 4) is 0 Å². The topological polar surface area (TPSA) is 132 Å². The van der Waals surface area contributed by atoms with Crippen molar-refractivity contribution in [2.24, 2.45) is 0 Å². The van der Waals surface area contributed by atoms with Gasteiger partial charge in [-0.05, 0) is 23.8 Å². The molecule has 4 rings (SSSR count). The molecule has 0 atom stereocenters. The monoisotopic (exact) mass is 467 g/mol. The van der Waals surface area contributed by atoms with E-state index in [-0.39, 0.29) is 56.6 Å². The fraction of sp³-hybridized carbons (Fsp3) is 0.0741. The van der Waals surface area contributed by atoms with E-state index in [9.17, 15) is 29.1 Å². The lowest BCUT2D eigenvalue weighted by atomic mass is 10.1. The quantitative estimate of drug-likeness (QED) is 0.395. The highest BCUT2D eigenvalue weighted by molar-refractivity contribution is 6.41. The molecule has 2 aliphatic rings. The van der Waals surface area contributed by atoms with Gasteiger partial charge in [0.05, 0.1) is 28.1 Å². The average molecular weight is 467 g/mol. The van der Waals surface area contributed by atoms with E-state index >= 15 is 0 Å². The molecular weight excluding hydrogens is 448 g/mol. The summed E-state index contributed by atoms with van der Waals surface area (Å²) >= 11 is 0. The smallest absolute Gasteiger partial charge is 0.221 e. The van der Waals surface area contributed by atoms with Gasteiger partial charge in [0.1, 0.15) is 0 Å². The highest BCUT2D eigenvalue weighted by atomic mass is 16.3. The second kappa shape index (κ2) is 9.18. The van der Waals surface area contributed by atoms with E-state index in [1.165, 1.54) is 56.4 Å². The molecule has 35 heavy (non-hydrogen) atoms. The number of hydrogen-bond acceptors (Lipinski definition) is 6. The fourth-order valence-electron chi connectivity index (χ4n) is 4.00. The predicted molar refractivity (Wildman–Crippen MR) is 128 cm³/mol. The third-order valence-corrected chi connectivity index (χ3v) is 5.42. The Labute approximate surface area is 200 Å². The molecule has 0 fully saturated rings. The Bertz CT molecular complexity index is 1460. The van der Waals surface area contributed by atoms with Gasteiger partial charge in [0.25, 0.3) is 0 Å². The first-order chi connectivity index (χ1) is 16.7. The number of benzene rings is 2. The zero-order valence-electron chi connectivity index (χ0n) is 18.8. The molecule has 0 aliphatic heterocycles. The van der Waals surface area contributed by atoms with Crippen molar-refractivity contribution in [3.05, 3.63) is 100 Å². The standard InChI is InChI=1S/C27H20N2O6/c1-14(30)28-20-12-6-10-16-22(20)26(34)18(24(16)32)8-4-3-5-9-19-25(33)17-11-7-13-21(29-15(2)31)23(17)27(19)35/h3-13,32H,1-2H3,(H,28,30)(H,29,31)/p-1. The third kappa shape index (κ3) is 4.24. The zero-order valence-corrected chi connectivity index (χ0v) is 18.8. The molecule has 2 aromatic rings. The highest BCUT2D eigenvalue weighted by Gasteiger charge is 2.35. The largest absolute Gasteiger partial charge is 0.872 e. The minimum Gasteiger partial charge on any atom is -0.872 e. The summed E-state index contributed by atoms with van der Waals surface area (Å²) in [6.45, 7) is 2.62. The number of allylic oxidation sites excluding steroid dienone is 7. The van der Waals surface area contributed by atoms with E-state index in [1.807, 2.05) is 0 Å². The Morgan fingerprint density at radius 1 is 0.743 bits per heavy atom. The van der Waals surface area contributed by atoms with Crippen LogP contribution in [-0.2, 0) is 9.59 Å². The van der Waals surface area contributed by atoms with E-state index in [2.05, 4.69) is 10.6 Å². The van der Waals surface area contributed by atoms with Crippen LogP contribution in [0.5, 0.6) is 0 Å². The summed E-state index contributed by atoms with van der Waals surface area (Å²) in [6.07, 6.45) is 7.08. The number of amides is 2. The summed E-state index contributed by atoms with van der Waals surface area (Å²) in [6, 6.07) is 9.31. The minimum absolute atomic E-state index is 0.0597. The molecule has 0 unspecified atom stereocenters. The Balaban J connectivity index is 1.54. The van der Waals surface area contributed by atoms with Gasteiger partial charge in [0.15, 0.2) is 17.3 Å². The predicted octanol–water partition coefficient (Wildman–Crippen LogP) is 2.99. The van der Waals surface area contributed by atoms with Gasteiger partial charge in [0.2, 0.25) is 11.8 Å². The number of carbonyl (C=O) groups is 5. The first-order valence-corrected chi connectivity index (χ1v) is 10.6. The summed E-state index contributed by atoms with van der Waals surface area (Å²) in [4.78, 5) is 61.1. The third-order valence-electron chi connectivity index (χ3n) is 5.42. The van der Waals surface area contributed by atoms with Crippen LogP contribution in [0.3, 0.4) is 0 Å². The number of nitrogens with one attached hydrogen (secondary N) is 2. The van der Waals surface area contributed by atoms with Crippen molar-refractivity contribution in [2.75, 3.05) is 10.6 Å². The van der Waals surface area contributed by atoms with E-state index in [1.54, 1.807) is 24.3 Å². The van der Waals surface area contributed by atoms with Crippen LogP contribution in [0.1, 0.15) is 50.5 Å². The lowest BCUT2D eigenvalue weighted by molar-refractivity contribution is -0.244. The van der Waals surface area contributed by atoms with Crippen LogP contribution < -0.4 is 15.7 Å². The Morgan fingerprint density at radius 2 is 1.31 bits per heavy atom. The summed E-state index contributed by atoms with van der Waals surface area (Å²) in [5, 5.41) is 17.8. The maximum absolute atomic E-state index is 12.8. The number of anilines is 2. The molecule has 2 N–H and O–H groups in total. The summed E-state index contributed by atoms with van der Waals surface area (Å²) in [5.74, 6) is -2.63. The number of rotatable bonds is 5. The summed E-state index contributed by atoms with van der Waals surface area (Å²) in [7, 11) is 0. The van der Waals surface area contributed by atoms with Crippen LogP contribution in [0.15, 0.2) is 77.9 Å². The number of ketones is 3. The molecule has 0 radical (unpaired) electrons. The Morgan fingerprint density at radius 3 is 1.91 bits per heavy atom. The molecule has 0 saturated heterocycles. The number of Topliss-reactive ketones (excluding diaryl/α,β-unsaturated/α-hetero) is 3. The fourth-order valence-corrected chi connectivity index (χ4v) is 4.00. The molecule has 2 amide bonds.